The first-order valence-corrected chi connectivity index (χ1v) is 10.8. The second-order valence-corrected chi connectivity index (χ2v) is 8.89. The molecule has 3 aromatic heterocycles. The number of hydrogen-bond acceptors (Lipinski definition) is 5. The van der Waals surface area contributed by atoms with Crippen molar-refractivity contribution in [1.29, 1.82) is 0 Å². The van der Waals surface area contributed by atoms with E-state index in [1.807, 2.05) is 0 Å². The van der Waals surface area contributed by atoms with Gasteiger partial charge in [0, 0.05) is 35.8 Å². The molecule has 0 radical (unpaired) electrons. The number of hydrogen-bond donors (Lipinski definition) is 0. The second-order valence-electron chi connectivity index (χ2n) is 5.77. The summed E-state index contributed by atoms with van der Waals surface area (Å²) in [5.74, 6) is 1.39. The molecule has 0 amide bonds. The Morgan fingerprint density at radius 2 is 1.58 bits per heavy atom. The van der Waals surface area contributed by atoms with Gasteiger partial charge in [-0.3, -0.25) is 9.59 Å². The van der Waals surface area contributed by atoms with Crippen LogP contribution in [0.1, 0.15) is 30.5 Å². The Labute approximate surface area is 154 Å². The first-order chi connectivity index (χ1) is 11.4. The molecule has 3 heterocycles. The van der Waals surface area contributed by atoms with Crippen molar-refractivity contribution in [2.45, 2.75) is 37.2 Å². The summed E-state index contributed by atoms with van der Waals surface area (Å²) in [6.07, 6.45) is 2.08. The molecular weight excluding hydrogens is 358 g/mol. The van der Waals surface area contributed by atoms with Crippen molar-refractivity contribution in [3.05, 3.63) is 34.9 Å². The van der Waals surface area contributed by atoms with Crippen molar-refractivity contribution in [2.75, 3.05) is 6.26 Å². The van der Waals surface area contributed by atoms with Gasteiger partial charge in [-0.25, -0.2) is 0 Å². The highest BCUT2D eigenvalue weighted by Crippen LogP contribution is 2.40. The van der Waals surface area contributed by atoms with E-state index in [9.17, 15) is 9.59 Å². The topological polar surface area (TPSA) is 38.5 Å². The highest BCUT2D eigenvalue weighted by Gasteiger charge is 2.20. The third kappa shape index (κ3) is 3.19. The van der Waals surface area contributed by atoms with E-state index in [1.54, 1.807) is 25.6 Å². The van der Waals surface area contributed by atoms with Gasteiger partial charge in [-0.2, -0.15) is 0 Å². The zero-order chi connectivity index (χ0) is 17.4. The van der Waals surface area contributed by atoms with E-state index in [0.29, 0.717) is 11.5 Å². The molecule has 0 fully saturated rings. The largest absolute Gasteiger partial charge is 0.309 e. The van der Waals surface area contributed by atoms with Crippen molar-refractivity contribution in [3.63, 3.8) is 0 Å². The Morgan fingerprint density at radius 1 is 0.958 bits per heavy atom. The van der Waals surface area contributed by atoms with Crippen LogP contribution in [0.3, 0.4) is 0 Å². The van der Waals surface area contributed by atoms with Crippen LogP contribution >= 0.6 is 35.3 Å². The van der Waals surface area contributed by atoms with Crippen LogP contribution < -0.4 is 0 Å². The average Bonchev–Trinajstić information content (AvgIpc) is 3.00. The number of carbonyl (C=O) groups excluding carboxylic acids is 2. The first kappa shape index (κ1) is 17.7. The van der Waals surface area contributed by atoms with E-state index in [2.05, 4.69) is 35.8 Å². The van der Waals surface area contributed by atoms with Crippen molar-refractivity contribution in [1.82, 2.24) is 4.40 Å². The van der Waals surface area contributed by atoms with Gasteiger partial charge in [0.15, 0.2) is 10.2 Å². The summed E-state index contributed by atoms with van der Waals surface area (Å²) in [6, 6.07) is 6.57. The molecule has 0 unspecified atom stereocenters. The minimum atomic E-state index is 0.139. The monoisotopic (exact) mass is 377 g/mol. The summed E-state index contributed by atoms with van der Waals surface area (Å²) >= 11 is 4.43. The zero-order valence-corrected chi connectivity index (χ0v) is 16.6. The van der Waals surface area contributed by atoms with Gasteiger partial charge in [-0.15, -0.1) is 11.8 Å². The fourth-order valence-electron chi connectivity index (χ4n) is 3.03. The molecule has 3 aromatic rings. The first-order valence-electron chi connectivity index (χ1n) is 7.62. The second kappa shape index (κ2) is 7.02. The van der Waals surface area contributed by atoms with Crippen LogP contribution in [0.15, 0.2) is 23.1 Å². The predicted octanol–water partition coefficient (Wildman–Crippen LogP) is 5.12. The fourth-order valence-corrected chi connectivity index (χ4v) is 5.13. The molecular formula is C18H19NO2S3. The summed E-state index contributed by atoms with van der Waals surface area (Å²) in [7, 11) is 0. The number of pyridine rings is 1. The molecule has 3 nitrogen and oxygen atoms in total. The van der Waals surface area contributed by atoms with Gasteiger partial charge in [-0.1, -0.05) is 23.5 Å². The molecule has 0 spiro atoms. The van der Waals surface area contributed by atoms with Crippen molar-refractivity contribution >= 4 is 62.1 Å². The van der Waals surface area contributed by atoms with Gasteiger partial charge in [0.1, 0.15) is 0 Å². The number of aryl methyl sites for hydroxylation is 1. The lowest BCUT2D eigenvalue weighted by Crippen LogP contribution is -1.91. The minimum absolute atomic E-state index is 0.139. The van der Waals surface area contributed by atoms with Crippen LogP contribution in [0.4, 0.5) is 0 Å². The minimum Gasteiger partial charge on any atom is -0.309 e. The lowest BCUT2D eigenvalue weighted by molar-refractivity contribution is -0.109. The number of carbonyl (C=O) groups is 2. The molecule has 0 bridgehead atoms. The van der Waals surface area contributed by atoms with Crippen molar-refractivity contribution in [2.24, 2.45) is 0 Å². The van der Waals surface area contributed by atoms with E-state index < -0.39 is 0 Å². The molecule has 3 rings (SSSR count). The summed E-state index contributed by atoms with van der Waals surface area (Å²) in [6.45, 7) is 5.32. The van der Waals surface area contributed by atoms with E-state index in [1.165, 1.54) is 61.7 Å². The third-order valence-electron chi connectivity index (χ3n) is 3.96. The smallest absolute Gasteiger partial charge is 0.186 e. The summed E-state index contributed by atoms with van der Waals surface area (Å²) in [5, 5.41) is 0.280. The predicted molar refractivity (Wildman–Crippen MR) is 107 cm³/mol. The van der Waals surface area contributed by atoms with Crippen LogP contribution in [-0.2, 0) is 21.1 Å². The standard InChI is InChI=1S/C18H19NO2S3/c1-10-5-15-13(8-23-11(2)20)7-17-18(22-4)14(9-24-12(3)21)16(6-10)19(15)17/h5-7H,8-9H2,1-4H3. The number of thioether (sulfide) groups is 3. The Bertz CT molecular complexity index is 929. The summed E-state index contributed by atoms with van der Waals surface area (Å²) in [4.78, 5) is 24.0. The Hall–Kier alpha value is -1.11. The molecule has 0 atom stereocenters. The Kier molecular flexibility index (Phi) is 5.18. The maximum Gasteiger partial charge on any atom is 0.186 e. The van der Waals surface area contributed by atoms with Crippen molar-refractivity contribution < 1.29 is 9.59 Å². The van der Waals surface area contributed by atoms with Crippen LogP contribution in [0.25, 0.3) is 16.6 Å². The van der Waals surface area contributed by atoms with Gasteiger partial charge in [0.05, 0.1) is 16.6 Å². The number of aromatic nitrogens is 1. The Balaban J connectivity index is 2.19. The summed E-state index contributed by atoms with van der Waals surface area (Å²) < 4.78 is 2.28. The highest BCUT2D eigenvalue weighted by atomic mass is 32.2. The van der Waals surface area contributed by atoms with Crippen molar-refractivity contribution in [3.8, 4) is 0 Å². The lowest BCUT2D eigenvalue weighted by atomic mass is 10.1. The molecule has 24 heavy (non-hydrogen) atoms. The zero-order valence-electron chi connectivity index (χ0n) is 14.1. The van der Waals surface area contributed by atoms with Gasteiger partial charge in [-0.05, 0) is 42.5 Å². The van der Waals surface area contributed by atoms with E-state index in [0.717, 1.165) is 0 Å². The maximum absolute atomic E-state index is 11.4. The number of rotatable bonds is 5. The van der Waals surface area contributed by atoms with Crippen LogP contribution in [0.2, 0.25) is 0 Å². The van der Waals surface area contributed by atoms with Gasteiger partial charge in [0.25, 0.3) is 0 Å². The Morgan fingerprint density at radius 3 is 2.21 bits per heavy atom. The van der Waals surface area contributed by atoms with Crippen LogP contribution in [0, 0.1) is 6.92 Å². The lowest BCUT2D eigenvalue weighted by Gasteiger charge is -2.05. The van der Waals surface area contributed by atoms with Gasteiger partial charge >= 0.3 is 0 Å². The van der Waals surface area contributed by atoms with Gasteiger partial charge in [0.2, 0.25) is 0 Å². The third-order valence-corrected chi connectivity index (χ3v) is 6.53. The molecule has 0 saturated heterocycles. The molecule has 0 N–H and O–H groups in total. The van der Waals surface area contributed by atoms with E-state index in [-0.39, 0.29) is 10.2 Å². The highest BCUT2D eigenvalue weighted by molar-refractivity contribution is 8.13. The van der Waals surface area contributed by atoms with E-state index in [4.69, 9.17) is 0 Å². The molecule has 126 valence electrons. The quantitative estimate of drug-likeness (QED) is 0.577. The maximum atomic E-state index is 11.4. The van der Waals surface area contributed by atoms with E-state index >= 15 is 0 Å². The van der Waals surface area contributed by atoms with Gasteiger partial charge < -0.3 is 4.40 Å². The van der Waals surface area contributed by atoms with Crippen LogP contribution in [0.5, 0.6) is 0 Å². The molecule has 0 aliphatic rings. The van der Waals surface area contributed by atoms with Crippen LogP contribution in [-0.4, -0.2) is 20.9 Å². The fraction of sp³-hybridized carbons (Fsp3) is 0.333. The molecule has 0 aliphatic heterocycles. The summed E-state index contributed by atoms with van der Waals surface area (Å²) in [5.41, 5.74) is 7.16. The normalized spacial score (nSPS) is 11.7. The SMILES string of the molecule is CSc1c(CSC(C)=O)c2cc(C)cc3c(CSC(C)=O)cc1n32. The molecule has 0 saturated carbocycles. The average molecular weight is 378 g/mol. The molecule has 0 aliphatic carbocycles. The number of nitrogens with zero attached hydrogens (tertiary/aromatic N) is 1. The molecule has 0 aromatic carbocycles. The molecule has 6 heteroatoms.